The number of hydrogen-bond donors (Lipinski definition) is 1. The number of nitrogens with one attached hydrogen (secondary N) is 1. The van der Waals surface area contributed by atoms with E-state index in [1.807, 2.05) is 35.4 Å². The highest BCUT2D eigenvalue weighted by Crippen LogP contribution is 2.18. The predicted octanol–water partition coefficient (Wildman–Crippen LogP) is 3.24. The molecule has 0 atom stereocenters. The minimum atomic E-state index is 0.0880. The van der Waals surface area contributed by atoms with Gasteiger partial charge in [0, 0.05) is 23.3 Å². The van der Waals surface area contributed by atoms with Gasteiger partial charge in [-0.1, -0.05) is 28.9 Å². The van der Waals surface area contributed by atoms with Crippen LogP contribution in [0, 0.1) is 0 Å². The van der Waals surface area contributed by atoms with E-state index < -0.39 is 0 Å². The van der Waals surface area contributed by atoms with Gasteiger partial charge >= 0.3 is 0 Å². The summed E-state index contributed by atoms with van der Waals surface area (Å²) in [6.45, 7) is 4.88. The van der Waals surface area contributed by atoms with Gasteiger partial charge in [-0.05, 0) is 50.6 Å². The number of piperidine rings is 1. The molecule has 1 aliphatic heterocycles. The van der Waals surface area contributed by atoms with Crippen molar-refractivity contribution in [3.63, 3.8) is 0 Å². The zero-order valence-corrected chi connectivity index (χ0v) is 15.5. The molecule has 2 heterocycles. The number of rotatable bonds is 5. The van der Waals surface area contributed by atoms with Crippen molar-refractivity contribution >= 4 is 21.8 Å². The minimum absolute atomic E-state index is 0.0880. The number of hydrogen-bond acceptors (Lipinski definition) is 3. The second kappa shape index (κ2) is 7.94. The Balaban J connectivity index is 1.80. The summed E-state index contributed by atoms with van der Waals surface area (Å²) in [5.41, 5.74) is 1.59. The fourth-order valence-corrected chi connectivity index (χ4v) is 3.56. The molecular formula is C18H23BrN4O. The van der Waals surface area contributed by atoms with Gasteiger partial charge in [0.05, 0.1) is 17.4 Å². The van der Waals surface area contributed by atoms with E-state index >= 15 is 0 Å². The van der Waals surface area contributed by atoms with Gasteiger partial charge in [-0.15, -0.1) is 0 Å². The number of halogens is 1. The molecule has 1 aromatic carbocycles. The first-order chi connectivity index (χ1) is 11.7. The van der Waals surface area contributed by atoms with Gasteiger partial charge in [0.1, 0.15) is 0 Å². The molecule has 0 spiro atoms. The van der Waals surface area contributed by atoms with Crippen LogP contribution in [-0.2, 0) is 0 Å². The Bertz CT molecular complexity index is 694. The maximum atomic E-state index is 13.0. The summed E-state index contributed by atoms with van der Waals surface area (Å²) in [7, 11) is 0. The highest BCUT2D eigenvalue weighted by atomic mass is 79.9. The average Bonchev–Trinajstić information content (AvgIpc) is 3.10. The largest absolute Gasteiger partial charge is 0.335 e. The second-order valence-electron chi connectivity index (χ2n) is 6.13. The monoisotopic (exact) mass is 390 g/mol. The molecule has 0 unspecified atom stereocenters. The van der Waals surface area contributed by atoms with E-state index in [0.717, 1.165) is 49.1 Å². The van der Waals surface area contributed by atoms with Crippen LogP contribution in [0.15, 0.2) is 41.1 Å². The molecule has 0 saturated carbocycles. The van der Waals surface area contributed by atoms with Gasteiger partial charge in [-0.2, -0.15) is 5.10 Å². The molecule has 0 aliphatic carbocycles. The van der Waals surface area contributed by atoms with Crippen LogP contribution in [0.3, 0.4) is 0 Å². The zero-order chi connectivity index (χ0) is 16.9. The smallest absolute Gasteiger partial charge is 0.257 e. The van der Waals surface area contributed by atoms with E-state index in [1.165, 1.54) is 0 Å². The van der Waals surface area contributed by atoms with Crippen molar-refractivity contribution in [2.45, 2.75) is 32.2 Å². The second-order valence-corrected chi connectivity index (χ2v) is 7.05. The maximum absolute atomic E-state index is 13.0. The van der Waals surface area contributed by atoms with Crippen molar-refractivity contribution in [2.75, 3.05) is 19.6 Å². The van der Waals surface area contributed by atoms with Crippen LogP contribution in [0.1, 0.15) is 36.5 Å². The summed E-state index contributed by atoms with van der Waals surface area (Å²) in [6, 6.07) is 8.22. The maximum Gasteiger partial charge on any atom is 0.257 e. The first-order valence-electron chi connectivity index (χ1n) is 8.51. The summed E-state index contributed by atoms with van der Waals surface area (Å²) in [5, 5.41) is 7.73. The summed E-state index contributed by atoms with van der Waals surface area (Å²) in [6.07, 6.45) is 6.51. The van der Waals surface area contributed by atoms with E-state index in [9.17, 15) is 4.79 Å². The molecule has 5 nitrogen and oxygen atoms in total. The van der Waals surface area contributed by atoms with Crippen molar-refractivity contribution in [1.82, 2.24) is 20.0 Å². The van der Waals surface area contributed by atoms with E-state index in [2.05, 4.69) is 33.3 Å². The predicted molar refractivity (Wildman–Crippen MR) is 98.5 cm³/mol. The Morgan fingerprint density at radius 2 is 2.21 bits per heavy atom. The molecule has 0 bridgehead atoms. The van der Waals surface area contributed by atoms with Gasteiger partial charge in [-0.25, -0.2) is 4.68 Å². The average molecular weight is 391 g/mol. The van der Waals surface area contributed by atoms with Crippen LogP contribution in [0.4, 0.5) is 0 Å². The van der Waals surface area contributed by atoms with Crippen LogP contribution < -0.4 is 5.32 Å². The summed E-state index contributed by atoms with van der Waals surface area (Å²) in [4.78, 5) is 15.0. The lowest BCUT2D eigenvalue weighted by atomic mass is 10.0. The standard InChI is InChI=1S/C18H23BrN4O/c1-2-10-22(16-6-8-20-9-7-16)18(24)14-12-21-23(13-14)17-5-3-4-15(19)11-17/h3-5,11-13,16,20H,2,6-10H2,1H3. The first-order valence-corrected chi connectivity index (χ1v) is 9.30. The van der Waals surface area contributed by atoms with E-state index in [-0.39, 0.29) is 5.91 Å². The number of amides is 1. The molecule has 1 amide bonds. The molecule has 3 rings (SSSR count). The third-order valence-electron chi connectivity index (χ3n) is 4.38. The first kappa shape index (κ1) is 17.2. The fraction of sp³-hybridized carbons (Fsp3) is 0.444. The third-order valence-corrected chi connectivity index (χ3v) is 4.87. The SMILES string of the molecule is CCCN(C(=O)c1cnn(-c2cccc(Br)c2)c1)C1CCNCC1. The van der Waals surface area contributed by atoms with E-state index in [0.29, 0.717) is 11.6 Å². The Morgan fingerprint density at radius 1 is 1.42 bits per heavy atom. The van der Waals surface area contributed by atoms with E-state index in [4.69, 9.17) is 0 Å². The lowest BCUT2D eigenvalue weighted by Crippen LogP contribution is -2.46. The molecular weight excluding hydrogens is 368 g/mol. The summed E-state index contributed by atoms with van der Waals surface area (Å²) < 4.78 is 2.75. The van der Waals surface area contributed by atoms with Crippen LogP contribution in [-0.4, -0.2) is 46.3 Å². The highest BCUT2D eigenvalue weighted by Gasteiger charge is 2.26. The van der Waals surface area contributed by atoms with Crippen LogP contribution in [0.5, 0.6) is 0 Å². The molecule has 128 valence electrons. The normalized spacial score (nSPS) is 15.4. The third kappa shape index (κ3) is 3.87. The molecule has 1 aliphatic rings. The molecule has 0 radical (unpaired) electrons. The summed E-state index contributed by atoms with van der Waals surface area (Å²) >= 11 is 3.47. The number of carbonyl (C=O) groups is 1. The number of nitrogens with zero attached hydrogens (tertiary/aromatic N) is 3. The van der Waals surface area contributed by atoms with Crippen molar-refractivity contribution in [3.8, 4) is 5.69 Å². The number of carbonyl (C=O) groups excluding carboxylic acids is 1. The van der Waals surface area contributed by atoms with E-state index in [1.54, 1.807) is 10.9 Å². The van der Waals surface area contributed by atoms with Gasteiger partial charge in [0.15, 0.2) is 0 Å². The van der Waals surface area contributed by atoms with Gasteiger partial charge in [0.25, 0.3) is 5.91 Å². The Hall–Kier alpha value is -1.66. The highest BCUT2D eigenvalue weighted by molar-refractivity contribution is 9.10. The Morgan fingerprint density at radius 3 is 2.92 bits per heavy atom. The molecule has 2 aromatic rings. The Kier molecular flexibility index (Phi) is 5.68. The molecule has 1 aromatic heterocycles. The van der Waals surface area contributed by atoms with Crippen molar-refractivity contribution in [2.24, 2.45) is 0 Å². The minimum Gasteiger partial charge on any atom is -0.335 e. The lowest BCUT2D eigenvalue weighted by molar-refractivity contribution is 0.0642. The lowest BCUT2D eigenvalue weighted by Gasteiger charge is -2.34. The van der Waals surface area contributed by atoms with Crippen molar-refractivity contribution < 1.29 is 4.79 Å². The molecule has 1 fully saturated rings. The summed E-state index contributed by atoms with van der Waals surface area (Å²) in [5.74, 6) is 0.0880. The Labute approximate surface area is 151 Å². The molecule has 6 heteroatoms. The van der Waals surface area contributed by atoms with Crippen molar-refractivity contribution in [3.05, 3.63) is 46.7 Å². The van der Waals surface area contributed by atoms with Crippen LogP contribution in [0.25, 0.3) is 5.69 Å². The fourth-order valence-electron chi connectivity index (χ4n) is 3.17. The van der Waals surface area contributed by atoms with Crippen LogP contribution in [0.2, 0.25) is 0 Å². The number of benzene rings is 1. The van der Waals surface area contributed by atoms with Crippen LogP contribution >= 0.6 is 15.9 Å². The van der Waals surface area contributed by atoms with Gasteiger partial charge in [-0.3, -0.25) is 4.79 Å². The molecule has 1 N–H and O–H groups in total. The zero-order valence-electron chi connectivity index (χ0n) is 13.9. The molecule has 24 heavy (non-hydrogen) atoms. The quantitative estimate of drug-likeness (QED) is 0.852. The van der Waals surface area contributed by atoms with Gasteiger partial charge < -0.3 is 10.2 Å². The molecule has 1 saturated heterocycles. The van der Waals surface area contributed by atoms with Crippen molar-refractivity contribution in [1.29, 1.82) is 0 Å². The number of aromatic nitrogens is 2. The van der Waals surface area contributed by atoms with Gasteiger partial charge in [0.2, 0.25) is 0 Å². The topological polar surface area (TPSA) is 50.2 Å².